The number of benzene rings is 2. The van der Waals surface area contributed by atoms with E-state index in [1.54, 1.807) is 36.5 Å². The van der Waals surface area contributed by atoms with Crippen LogP contribution in [0.3, 0.4) is 0 Å². The molecule has 0 fully saturated rings. The number of aromatic carboxylic acids is 1. The SMILES string of the molecule is O=C([O-])c1cncc2c1CCCN2Cc1cc(Cl)ccc1OCc1ccc(Cl)cc1F.[Na+]. The van der Waals surface area contributed by atoms with Crippen LogP contribution in [-0.4, -0.2) is 17.5 Å². The van der Waals surface area contributed by atoms with Gasteiger partial charge in [0.25, 0.3) is 0 Å². The van der Waals surface area contributed by atoms with Crippen molar-refractivity contribution in [1.29, 1.82) is 0 Å². The fourth-order valence-electron chi connectivity index (χ4n) is 3.73. The van der Waals surface area contributed by atoms with Gasteiger partial charge >= 0.3 is 29.6 Å². The van der Waals surface area contributed by atoms with Gasteiger partial charge in [-0.05, 0) is 48.7 Å². The number of rotatable bonds is 6. The molecule has 0 saturated heterocycles. The Labute approximate surface area is 217 Å². The van der Waals surface area contributed by atoms with Crippen molar-refractivity contribution in [1.82, 2.24) is 4.98 Å². The summed E-state index contributed by atoms with van der Waals surface area (Å²) in [6, 6.07) is 9.68. The zero-order valence-electron chi connectivity index (χ0n) is 17.4. The Morgan fingerprint density at radius 3 is 2.62 bits per heavy atom. The van der Waals surface area contributed by atoms with Crippen LogP contribution in [0.5, 0.6) is 5.75 Å². The molecule has 0 saturated carbocycles. The molecule has 0 N–H and O–H groups in total. The molecule has 9 heteroatoms. The molecule has 0 aliphatic carbocycles. The summed E-state index contributed by atoms with van der Waals surface area (Å²) in [6.45, 7) is 1.19. The molecule has 0 spiro atoms. The number of ether oxygens (including phenoxy) is 1. The van der Waals surface area contributed by atoms with Crippen LogP contribution in [0.1, 0.15) is 33.5 Å². The summed E-state index contributed by atoms with van der Waals surface area (Å²) in [5.74, 6) is -1.10. The maximum atomic E-state index is 14.1. The van der Waals surface area contributed by atoms with Crippen molar-refractivity contribution in [3.05, 3.63) is 86.9 Å². The minimum absolute atomic E-state index is 0. The van der Waals surface area contributed by atoms with Gasteiger partial charge in [0.05, 0.1) is 17.9 Å². The van der Waals surface area contributed by atoms with Gasteiger partial charge in [-0.15, -0.1) is 0 Å². The first-order valence-electron chi connectivity index (χ1n) is 9.70. The Balaban J connectivity index is 0.00000289. The number of hydrogen-bond acceptors (Lipinski definition) is 5. The fourth-order valence-corrected chi connectivity index (χ4v) is 4.08. The zero-order chi connectivity index (χ0) is 22.0. The van der Waals surface area contributed by atoms with Crippen molar-refractivity contribution < 1.29 is 48.6 Å². The van der Waals surface area contributed by atoms with Gasteiger partial charge in [-0.2, -0.15) is 0 Å². The quantitative estimate of drug-likeness (QED) is 0.497. The van der Waals surface area contributed by atoms with Gasteiger partial charge in [-0.1, -0.05) is 29.3 Å². The van der Waals surface area contributed by atoms with Gasteiger partial charge in [0.15, 0.2) is 0 Å². The van der Waals surface area contributed by atoms with E-state index in [0.29, 0.717) is 39.9 Å². The minimum Gasteiger partial charge on any atom is -0.545 e. The van der Waals surface area contributed by atoms with E-state index in [0.717, 1.165) is 24.2 Å². The summed E-state index contributed by atoms with van der Waals surface area (Å²) in [4.78, 5) is 17.6. The standard InChI is InChI=1S/C23H19Cl2FN2O3.Na/c24-16-5-6-22(31-13-14-3-4-17(25)9-20(14)26)15(8-16)12-28-7-1-2-18-19(23(29)30)10-27-11-21(18)28;/h3-6,8-11H,1-2,7,12-13H2,(H,29,30);/q;+1/p-1. The van der Waals surface area contributed by atoms with Crippen molar-refractivity contribution in [3.8, 4) is 5.75 Å². The van der Waals surface area contributed by atoms with Crippen molar-refractivity contribution in [2.75, 3.05) is 11.4 Å². The van der Waals surface area contributed by atoms with Crippen molar-refractivity contribution >= 4 is 34.9 Å². The van der Waals surface area contributed by atoms with Gasteiger partial charge in [-0.25, -0.2) is 4.39 Å². The van der Waals surface area contributed by atoms with Gasteiger partial charge < -0.3 is 19.5 Å². The molecule has 0 amide bonds. The van der Waals surface area contributed by atoms with Gasteiger partial charge in [0.2, 0.25) is 0 Å². The van der Waals surface area contributed by atoms with Crippen LogP contribution in [0.4, 0.5) is 10.1 Å². The van der Waals surface area contributed by atoms with Crippen LogP contribution in [0.25, 0.3) is 0 Å². The van der Waals surface area contributed by atoms with Crippen molar-refractivity contribution in [3.63, 3.8) is 0 Å². The van der Waals surface area contributed by atoms with E-state index in [2.05, 4.69) is 4.98 Å². The number of fused-ring (bicyclic) bond motifs is 1. The molecule has 3 aromatic rings. The summed E-state index contributed by atoms with van der Waals surface area (Å²) < 4.78 is 20.0. The number of halogens is 3. The number of pyridine rings is 1. The largest absolute Gasteiger partial charge is 1.00 e. The molecule has 160 valence electrons. The monoisotopic (exact) mass is 482 g/mol. The van der Waals surface area contributed by atoms with E-state index in [1.807, 2.05) is 4.90 Å². The Hall–Kier alpha value is -1.83. The summed E-state index contributed by atoms with van der Waals surface area (Å²) in [6.07, 6.45) is 4.43. The van der Waals surface area contributed by atoms with E-state index in [9.17, 15) is 14.3 Å². The molecule has 0 atom stereocenters. The number of aromatic nitrogens is 1. The van der Waals surface area contributed by atoms with E-state index in [4.69, 9.17) is 27.9 Å². The molecule has 1 aliphatic rings. The van der Waals surface area contributed by atoms with Crippen LogP contribution in [0, 0.1) is 5.82 Å². The van der Waals surface area contributed by atoms with E-state index < -0.39 is 11.8 Å². The molecule has 1 aliphatic heterocycles. The molecule has 2 heterocycles. The average molecular weight is 483 g/mol. The second-order valence-electron chi connectivity index (χ2n) is 7.27. The van der Waals surface area contributed by atoms with E-state index >= 15 is 0 Å². The molecule has 4 rings (SSSR count). The maximum Gasteiger partial charge on any atom is 1.00 e. The maximum absolute atomic E-state index is 14.1. The average Bonchev–Trinajstić information content (AvgIpc) is 2.74. The molecule has 0 bridgehead atoms. The second-order valence-corrected chi connectivity index (χ2v) is 8.15. The summed E-state index contributed by atoms with van der Waals surface area (Å²) in [7, 11) is 0. The Morgan fingerprint density at radius 2 is 1.88 bits per heavy atom. The Morgan fingerprint density at radius 1 is 1.12 bits per heavy atom. The molecular weight excluding hydrogens is 465 g/mol. The van der Waals surface area contributed by atoms with Crippen LogP contribution in [0.2, 0.25) is 10.0 Å². The van der Waals surface area contributed by atoms with Crippen LogP contribution >= 0.6 is 23.2 Å². The number of carbonyl (C=O) groups excluding carboxylic acids is 1. The number of anilines is 1. The molecule has 0 unspecified atom stereocenters. The Kier molecular flexibility index (Phi) is 8.42. The number of carbonyl (C=O) groups is 1. The number of hydrogen-bond donors (Lipinski definition) is 0. The molecule has 32 heavy (non-hydrogen) atoms. The smallest absolute Gasteiger partial charge is 0.545 e. The minimum atomic E-state index is -1.23. The van der Waals surface area contributed by atoms with Gasteiger partial charge in [0, 0.05) is 46.0 Å². The van der Waals surface area contributed by atoms with Gasteiger partial charge in [-0.3, -0.25) is 4.98 Å². The summed E-state index contributed by atoms with van der Waals surface area (Å²) in [5.41, 5.74) is 2.77. The Bertz CT molecular complexity index is 1150. The first kappa shape index (κ1) is 24.8. The fraction of sp³-hybridized carbons (Fsp3) is 0.217. The van der Waals surface area contributed by atoms with Crippen molar-refractivity contribution in [2.24, 2.45) is 0 Å². The van der Waals surface area contributed by atoms with E-state index in [1.165, 1.54) is 12.3 Å². The summed E-state index contributed by atoms with van der Waals surface area (Å²) in [5, 5.41) is 12.3. The number of carboxylic acid groups (broad SMARTS) is 1. The second kappa shape index (κ2) is 10.9. The predicted octanol–water partition coefficient (Wildman–Crippen LogP) is 1.43. The predicted molar refractivity (Wildman–Crippen MR) is 115 cm³/mol. The van der Waals surface area contributed by atoms with Crippen LogP contribution in [0.15, 0.2) is 48.8 Å². The van der Waals surface area contributed by atoms with Crippen LogP contribution in [-0.2, 0) is 19.6 Å². The third-order valence-electron chi connectivity index (χ3n) is 5.23. The molecule has 1 aromatic heterocycles. The first-order valence-corrected chi connectivity index (χ1v) is 10.5. The summed E-state index contributed by atoms with van der Waals surface area (Å²) >= 11 is 12.0. The number of carboxylic acids is 1. The van der Waals surface area contributed by atoms with Crippen molar-refractivity contribution in [2.45, 2.75) is 26.0 Å². The number of nitrogens with zero attached hydrogens (tertiary/aromatic N) is 2. The third-order valence-corrected chi connectivity index (χ3v) is 5.70. The molecule has 0 radical (unpaired) electrons. The molecule has 2 aromatic carbocycles. The van der Waals surface area contributed by atoms with Crippen LogP contribution < -0.4 is 44.3 Å². The van der Waals surface area contributed by atoms with E-state index in [-0.39, 0.29) is 41.7 Å². The normalized spacial score (nSPS) is 12.7. The first-order chi connectivity index (χ1) is 14.9. The molecular formula is C23H18Cl2FN2NaO3. The topological polar surface area (TPSA) is 65.5 Å². The zero-order valence-corrected chi connectivity index (χ0v) is 20.9. The molecule has 5 nitrogen and oxygen atoms in total. The third kappa shape index (κ3) is 5.56. The van der Waals surface area contributed by atoms with Gasteiger partial charge in [0.1, 0.15) is 18.2 Å².